The summed E-state index contributed by atoms with van der Waals surface area (Å²) in [7, 11) is 0. The third-order valence-corrected chi connectivity index (χ3v) is 1.59. The molecule has 7 heteroatoms. The molecule has 0 saturated carbocycles. The van der Waals surface area contributed by atoms with Crippen molar-refractivity contribution >= 4 is 11.6 Å². The first kappa shape index (κ1) is 11.8. The number of amides is 1. The van der Waals surface area contributed by atoms with Crippen molar-refractivity contribution < 1.29 is 18.0 Å². The Labute approximate surface area is 88.6 Å². The van der Waals surface area contributed by atoms with Gasteiger partial charge in [0.2, 0.25) is 0 Å². The van der Waals surface area contributed by atoms with Gasteiger partial charge in [-0.2, -0.15) is 18.4 Å². The van der Waals surface area contributed by atoms with Crippen LogP contribution in [0.15, 0.2) is 24.3 Å². The maximum atomic E-state index is 11.8. The maximum absolute atomic E-state index is 11.8. The summed E-state index contributed by atoms with van der Waals surface area (Å²) in [5.41, 5.74) is 4.17. The predicted octanol–water partition coefficient (Wildman–Crippen LogP) is 1.56. The zero-order valence-corrected chi connectivity index (χ0v) is 7.80. The van der Waals surface area contributed by atoms with Gasteiger partial charge >= 0.3 is 12.1 Å². The Morgan fingerprint density at radius 2 is 1.81 bits per heavy atom. The van der Waals surface area contributed by atoms with Crippen LogP contribution in [0.3, 0.4) is 0 Å². The molecule has 1 rings (SSSR count). The summed E-state index contributed by atoms with van der Waals surface area (Å²) in [4.78, 5) is 10.4. The molecular weight excluding hydrogens is 223 g/mol. The third kappa shape index (κ3) is 3.16. The molecule has 0 aromatic heterocycles. The van der Waals surface area contributed by atoms with E-state index in [2.05, 4.69) is 5.43 Å². The minimum absolute atomic E-state index is 0.247. The molecular formula is C9H6F3N3O. The van der Waals surface area contributed by atoms with Gasteiger partial charge in [-0.25, -0.2) is 0 Å². The van der Waals surface area contributed by atoms with Gasteiger partial charge in [-0.15, -0.1) is 0 Å². The molecule has 0 heterocycles. The summed E-state index contributed by atoms with van der Waals surface area (Å²) in [6.07, 6.45) is -4.93. The zero-order valence-electron chi connectivity index (χ0n) is 7.80. The van der Waals surface area contributed by atoms with Crippen molar-refractivity contribution in [2.75, 3.05) is 5.43 Å². The zero-order chi connectivity index (χ0) is 12.2. The molecule has 16 heavy (non-hydrogen) atoms. The number of anilines is 1. The van der Waals surface area contributed by atoms with Crippen LogP contribution in [0.4, 0.5) is 18.9 Å². The van der Waals surface area contributed by atoms with Gasteiger partial charge in [-0.1, -0.05) is 0 Å². The van der Waals surface area contributed by atoms with Crippen molar-refractivity contribution in [3.05, 3.63) is 29.8 Å². The van der Waals surface area contributed by atoms with Crippen LogP contribution in [0.2, 0.25) is 0 Å². The Bertz CT molecular complexity index is 419. The van der Waals surface area contributed by atoms with Crippen molar-refractivity contribution in [3.8, 4) is 6.07 Å². The van der Waals surface area contributed by atoms with E-state index in [4.69, 9.17) is 5.26 Å². The van der Waals surface area contributed by atoms with E-state index in [9.17, 15) is 18.0 Å². The number of hydrazine groups is 1. The molecule has 0 aliphatic carbocycles. The van der Waals surface area contributed by atoms with Crippen molar-refractivity contribution in [2.24, 2.45) is 0 Å². The number of hydrogen-bond donors (Lipinski definition) is 2. The van der Waals surface area contributed by atoms with Crippen LogP contribution in [0, 0.1) is 11.3 Å². The fraction of sp³-hybridized carbons (Fsp3) is 0.111. The molecule has 1 aromatic carbocycles. The van der Waals surface area contributed by atoms with E-state index < -0.39 is 12.1 Å². The maximum Gasteiger partial charge on any atom is 0.472 e. The molecule has 0 saturated heterocycles. The first-order valence-electron chi connectivity index (χ1n) is 4.07. The molecule has 0 aliphatic rings. The largest absolute Gasteiger partial charge is 0.472 e. The van der Waals surface area contributed by atoms with Crippen LogP contribution in [0.1, 0.15) is 5.56 Å². The van der Waals surface area contributed by atoms with Crippen LogP contribution < -0.4 is 10.9 Å². The quantitative estimate of drug-likeness (QED) is 0.756. The lowest BCUT2D eigenvalue weighted by Crippen LogP contribution is -2.40. The molecule has 0 aliphatic heterocycles. The summed E-state index contributed by atoms with van der Waals surface area (Å²) in [5, 5.41) is 8.46. The highest BCUT2D eigenvalue weighted by Gasteiger charge is 2.38. The molecule has 0 atom stereocenters. The molecule has 2 N–H and O–H groups in total. The van der Waals surface area contributed by atoms with E-state index >= 15 is 0 Å². The van der Waals surface area contributed by atoms with Gasteiger partial charge < -0.3 is 0 Å². The fourth-order valence-electron chi connectivity index (χ4n) is 0.828. The van der Waals surface area contributed by atoms with Gasteiger partial charge in [-0.3, -0.25) is 15.6 Å². The number of rotatable bonds is 2. The Hall–Kier alpha value is -2.23. The first-order chi connectivity index (χ1) is 7.43. The smallest absolute Gasteiger partial charge is 0.298 e. The number of halogens is 3. The lowest BCUT2D eigenvalue weighted by Gasteiger charge is -2.09. The first-order valence-corrected chi connectivity index (χ1v) is 4.07. The Morgan fingerprint density at radius 3 is 2.25 bits per heavy atom. The average molecular weight is 229 g/mol. The molecule has 4 nitrogen and oxygen atoms in total. The minimum atomic E-state index is -4.93. The summed E-state index contributed by atoms with van der Waals surface area (Å²) in [6.45, 7) is 0. The van der Waals surface area contributed by atoms with E-state index in [1.807, 2.05) is 6.07 Å². The Kier molecular flexibility index (Phi) is 3.35. The van der Waals surface area contributed by atoms with Crippen LogP contribution in [0.5, 0.6) is 0 Å². The lowest BCUT2D eigenvalue weighted by atomic mass is 10.2. The Balaban J connectivity index is 2.56. The number of benzene rings is 1. The van der Waals surface area contributed by atoms with Gasteiger partial charge in [0.1, 0.15) is 0 Å². The van der Waals surface area contributed by atoms with Crippen LogP contribution in [0.25, 0.3) is 0 Å². The molecule has 1 aromatic rings. The molecule has 0 spiro atoms. The Morgan fingerprint density at radius 1 is 1.25 bits per heavy atom. The van der Waals surface area contributed by atoms with E-state index in [-0.39, 0.29) is 5.69 Å². The van der Waals surface area contributed by atoms with E-state index in [0.717, 1.165) is 0 Å². The normalized spacial score (nSPS) is 10.4. The van der Waals surface area contributed by atoms with Gasteiger partial charge in [0.25, 0.3) is 0 Å². The van der Waals surface area contributed by atoms with Crippen LogP contribution in [-0.4, -0.2) is 12.1 Å². The SMILES string of the molecule is N#Cc1ccc(NNC(=O)C(F)(F)F)cc1. The highest BCUT2D eigenvalue weighted by atomic mass is 19.4. The van der Waals surface area contributed by atoms with Crippen molar-refractivity contribution in [1.82, 2.24) is 5.43 Å². The second-order valence-electron chi connectivity index (χ2n) is 2.77. The number of alkyl halides is 3. The summed E-state index contributed by atoms with van der Waals surface area (Å²) in [6, 6.07) is 7.40. The summed E-state index contributed by atoms with van der Waals surface area (Å²) in [5.74, 6) is -2.09. The number of carbonyl (C=O) groups is 1. The molecule has 0 bridgehead atoms. The minimum Gasteiger partial charge on any atom is -0.298 e. The van der Waals surface area contributed by atoms with Gasteiger partial charge in [-0.05, 0) is 24.3 Å². The van der Waals surface area contributed by atoms with Gasteiger partial charge in [0.15, 0.2) is 0 Å². The fourth-order valence-corrected chi connectivity index (χ4v) is 0.828. The summed E-state index contributed by atoms with van der Waals surface area (Å²) >= 11 is 0. The number of nitrogens with zero attached hydrogens (tertiary/aromatic N) is 1. The third-order valence-electron chi connectivity index (χ3n) is 1.59. The van der Waals surface area contributed by atoms with Crippen LogP contribution in [-0.2, 0) is 4.79 Å². The standard InChI is InChI=1S/C9H6F3N3O/c10-9(11,12)8(16)15-14-7-3-1-6(5-13)2-4-7/h1-4,14H,(H,15,16). The monoisotopic (exact) mass is 229 g/mol. The number of carbonyl (C=O) groups excluding carboxylic acids is 1. The molecule has 0 fully saturated rings. The molecule has 0 radical (unpaired) electrons. The lowest BCUT2D eigenvalue weighted by molar-refractivity contribution is -0.173. The second-order valence-corrected chi connectivity index (χ2v) is 2.77. The predicted molar refractivity (Wildman–Crippen MR) is 49.0 cm³/mol. The van der Waals surface area contributed by atoms with E-state index in [1.54, 1.807) is 0 Å². The van der Waals surface area contributed by atoms with Gasteiger partial charge in [0.05, 0.1) is 17.3 Å². The number of nitriles is 1. The topological polar surface area (TPSA) is 64.9 Å². The van der Waals surface area contributed by atoms with Crippen molar-refractivity contribution in [3.63, 3.8) is 0 Å². The number of hydrogen-bond acceptors (Lipinski definition) is 3. The molecule has 84 valence electrons. The van der Waals surface area contributed by atoms with Crippen LogP contribution >= 0.6 is 0 Å². The van der Waals surface area contributed by atoms with Gasteiger partial charge in [0, 0.05) is 0 Å². The van der Waals surface area contributed by atoms with Crippen molar-refractivity contribution in [1.29, 1.82) is 5.26 Å². The van der Waals surface area contributed by atoms with E-state index in [0.29, 0.717) is 5.56 Å². The molecule has 1 amide bonds. The van der Waals surface area contributed by atoms with Crippen molar-refractivity contribution in [2.45, 2.75) is 6.18 Å². The number of nitrogens with one attached hydrogen (secondary N) is 2. The second kappa shape index (κ2) is 4.53. The average Bonchev–Trinajstić information content (AvgIpc) is 2.25. The highest BCUT2D eigenvalue weighted by molar-refractivity contribution is 5.82. The molecule has 0 unspecified atom stereocenters. The highest BCUT2D eigenvalue weighted by Crippen LogP contribution is 2.14. The summed E-state index contributed by atoms with van der Waals surface area (Å²) < 4.78 is 35.3. The van der Waals surface area contributed by atoms with E-state index in [1.165, 1.54) is 29.7 Å².